The van der Waals surface area contributed by atoms with Crippen LogP contribution in [0.4, 0.5) is 0 Å². The molecule has 3 aromatic rings. The average molecular weight is 339 g/mol. The molecule has 1 aromatic carbocycles. The van der Waals surface area contributed by atoms with Crippen LogP contribution in [0.5, 0.6) is 5.75 Å². The molecule has 0 saturated heterocycles. The summed E-state index contributed by atoms with van der Waals surface area (Å²) in [4.78, 5) is 16.7. The minimum atomic E-state index is -0.0538. The van der Waals surface area contributed by atoms with Gasteiger partial charge in [0, 0.05) is 36.9 Å². The van der Waals surface area contributed by atoms with Gasteiger partial charge in [0.25, 0.3) is 5.56 Å². The summed E-state index contributed by atoms with van der Waals surface area (Å²) < 4.78 is 7.61. The van der Waals surface area contributed by atoms with Crippen LogP contribution in [-0.2, 0) is 7.05 Å². The van der Waals surface area contributed by atoms with E-state index in [1.807, 2.05) is 19.1 Å². The number of nitrogens with zero attached hydrogens (tertiary/aromatic N) is 2. The summed E-state index contributed by atoms with van der Waals surface area (Å²) in [6, 6.07) is 5.90. The first-order valence-corrected chi connectivity index (χ1v) is 8.64. The fourth-order valence-electron chi connectivity index (χ4n) is 3.29. The molecule has 0 unspecified atom stereocenters. The molecule has 2 aromatic heterocycles. The molecule has 0 aliphatic carbocycles. The van der Waals surface area contributed by atoms with E-state index in [2.05, 4.69) is 24.9 Å². The highest BCUT2D eigenvalue weighted by Gasteiger charge is 2.13. The van der Waals surface area contributed by atoms with Gasteiger partial charge >= 0.3 is 0 Å². The number of aryl methyl sites for hydroxylation is 2. The van der Waals surface area contributed by atoms with Gasteiger partial charge in [0.15, 0.2) is 0 Å². The van der Waals surface area contributed by atoms with Gasteiger partial charge in [-0.1, -0.05) is 13.8 Å². The van der Waals surface area contributed by atoms with E-state index in [9.17, 15) is 4.79 Å². The van der Waals surface area contributed by atoms with E-state index in [-0.39, 0.29) is 11.6 Å². The number of nitrogens with two attached hydrogens (primary N) is 1. The van der Waals surface area contributed by atoms with Crippen LogP contribution in [0.1, 0.15) is 25.8 Å². The SMILES string of the molecule is Cc1cc2c3ccncc3c(=O)n(C)c2cc1OC[C@@H](N)CC(C)C. The molecule has 25 heavy (non-hydrogen) atoms. The largest absolute Gasteiger partial charge is 0.492 e. The average Bonchev–Trinajstić information content (AvgIpc) is 2.57. The van der Waals surface area contributed by atoms with Crippen LogP contribution in [0.15, 0.2) is 35.4 Å². The number of hydrogen-bond acceptors (Lipinski definition) is 4. The second-order valence-corrected chi connectivity index (χ2v) is 7.12. The Morgan fingerprint density at radius 1 is 1.24 bits per heavy atom. The Morgan fingerprint density at radius 3 is 2.72 bits per heavy atom. The Labute approximate surface area is 147 Å². The summed E-state index contributed by atoms with van der Waals surface area (Å²) in [5, 5.41) is 2.57. The van der Waals surface area contributed by atoms with E-state index < -0.39 is 0 Å². The Morgan fingerprint density at radius 2 is 2.00 bits per heavy atom. The first-order valence-electron chi connectivity index (χ1n) is 8.64. The van der Waals surface area contributed by atoms with Gasteiger partial charge in [-0.15, -0.1) is 0 Å². The highest BCUT2D eigenvalue weighted by Crippen LogP contribution is 2.29. The molecular weight excluding hydrogens is 314 g/mol. The summed E-state index contributed by atoms with van der Waals surface area (Å²) in [6.45, 7) is 6.78. The normalized spacial score (nSPS) is 12.9. The molecule has 0 fully saturated rings. The molecule has 2 heterocycles. The molecule has 0 spiro atoms. The fourth-order valence-corrected chi connectivity index (χ4v) is 3.29. The lowest BCUT2D eigenvalue weighted by molar-refractivity contribution is 0.270. The minimum Gasteiger partial charge on any atom is -0.492 e. The van der Waals surface area contributed by atoms with Gasteiger partial charge in [-0.05, 0) is 42.3 Å². The second kappa shape index (κ2) is 6.84. The summed E-state index contributed by atoms with van der Waals surface area (Å²) in [7, 11) is 1.78. The zero-order valence-corrected chi connectivity index (χ0v) is 15.2. The maximum Gasteiger partial charge on any atom is 0.260 e. The number of ether oxygens (including phenoxy) is 1. The minimum absolute atomic E-state index is 0.00148. The number of fused-ring (bicyclic) bond motifs is 3. The van der Waals surface area contributed by atoms with Gasteiger partial charge in [0.1, 0.15) is 12.4 Å². The van der Waals surface area contributed by atoms with Gasteiger partial charge in [-0.2, -0.15) is 0 Å². The topological polar surface area (TPSA) is 70.1 Å². The Bertz CT molecular complexity index is 976. The van der Waals surface area contributed by atoms with Crippen molar-refractivity contribution >= 4 is 21.7 Å². The Hall–Kier alpha value is -2.40. The van der Waals surface area contributed by atoms with Crippen LogP contribution in [0, 0.1) is 12.8 Å². The van der Waals surface area contributed by atoms with E-state index in [0.29, 0.717) is 17.9 Å². The number of hydrogen-bond donors (Lipinski definition) is 1. The van der Waals surface area contributed by atoms with Crippen molar-refractivity contribution in [3.8, 4) is 5.75 Å². The Kier molecular flexibility index (Phi) is 4.77. The lowest BCUT2D eigenvalue weighted by Crippen LogP contribution is -2.29. The van der Waals surface area contributed by atoms with Crippen molar-refractivity contribution in [3.63, 3.8) is 0 Å². The van der Waals surface area contributed by atoms with E-state index in [1.54, 1.807) is 24.0 Å². The molecule has 0 aliphatic heterocycles. The highest BCUT2D eigenvalue weighted by molar-refractivity contribution is 6.05. The lowest BCUT2D eigenvalue weighted by atomic mass is 10.0. The summed E-state index contributed by atoms with van der Waals surface area (Å²) in [6.07, 6.45) is 4.26. The molecule has 0 bridgehead atoms. The van der Waals surface area contributed by atoms with Crippen LogP contribution in [0.25, 0.3) is 21.7 Å². The van der Waals surface area contributed by atoms with E-state index in [4.69, 9.17) is 10.5 Å². The van der Waals surface area contributed by atoms with Crippen LogP contribution >= 0.6 is 0 Å². The monoisotopic (exact) mass is 339 g/mol. The lowest BCUT2D eigenvalue weighted by Gasteiger charge is -2.18. The molecule has 0 radical (unpaired) electrons. The molecule has 2 N–H and O–H groups in total. The molecule has 5 heteroatoms. The molecule has 3 rings (SSSR count). The van der Waals surface area contributed by atoms with E-state index in [1.165, 1.54) is 0 Å². The van der Waals surface area contributed by atoms with Crippen molar-refractivity contribution in [2.45, 2.75) is 33.2 Å². The van der Waals surface area contributed by atoms with Crippen molar-refractivity contribution in [3.05, 3.63) is 46.5 Å². The first kappa shape index (κ1) is 17.4. The number of benzene rings is 1. The third-order valence-corrected chi connectivity index (χ3v) is 4.53. The third kappa shape index (κ3) is 3.37. The molecule has 0 saturated carbocycles. The highest BCUT2D eigenvalue weighted by atomic mass is 16.5. The van der Waals surface area contributed by atoms with Crippen molar-refractivity contribution in [1.29, 1.82) is 0 Å². The summed E-state index contributed by atoms with van der Waals surface area (Å²) >= 11 is 0. The molecule has 132 valence electrons. The maximum absolute atomic E-state index is 12.6. The van der Waals surface area contributed by atoms with Crippen molar-refractivity contribution < 1.29 is 4.74 Å². The van der Waals surface area contributed by atoms with E-state index in [0.717, 1.165) is 34.0 Å². The summed E-state index contributed by atoms with van der Waals surface area (Å²) in [5.41, 5.74) is 7.95. The van der Waals surface area contributed by atoms with Crippen LogP contribution in [-0.4, -0.2) is 22.2 Å². The number of rotatable bonds is 5. The molecule has 5 nitrogen and oxygen atoms in total. The van der Waals surface area contributed by atoms with Gasteiger partial charge in [0.05, 0.1) is 10.9 Å². The molecular formula is C20H25N3O2. The van der Waals surface area contributed by atoms with Gasteiger partial charge in [0.2, 0.25) is 0 Å². The predicted molar refractivity (Wildman–Crippen MR) is 102 cm³/mol. The summed E-state index contributed by atoms with van der Waals surface area (Å²) in [5.74, 6) is 1.31. The van der Waals surface area contributed by atoms with Crippen molar-refractivity contribution in [2.24, 2.45) is 18.7 Å². The van der Waals surface area contributed by atoms with Crippen LogP contribution < -0.4 is 16.0 Å². The van der Waals surface area contributed by atoms with Gasteiger partial charge in [-0.25, -0.2) is 0 Å². The standard InChI is InChI=1S/C20H25N3O2/c1-12(2)7-14(21)11-25-19-9-18-16(8-13(19)3)15-5-6-22-10-17(15)20(24)23(18)4/h5-6,8-10,12,14H,7,11,21H2,1-4H3/t14-/m0/s1. The Balaban J connectivity index is 2.06. The molecule has 0 amide bonds. The second-order valence-electron chi connectivity index (χ2n) is 7.12. The third-order valence-electron chi connectivity index (χ3n) is 4.53. The van der Waals surface area contributed by atoms with Gasteiger partial charge < -0.3 is 15.0 Å². The number of pyridine rings is 2. The molecule has 1 atom stereocenters. The van der Waals surface area contributed by atoms with Crippen LogP contribution in [0.3, 0.4) is 0 Å². The van der Waals surface area contributed by atoms with Crippen LogP contribution in [0.2, 0.25) is 0 Å². The fraction of sp³-hybridized carbons (Fsp3) is 0.400. The van der Waals surface area contributed by atoms with Crippen molar-refractivity contribution in [2.75, 3.05) is 6.61 Å². The smallest absolute Gasteiger partial charge is 0.260 e. The quantitative estimate of drug-likeness (QED) is 0.725. The van der Waals surface area contributed by atoms with Crippen molar-refractivity contribution in [1.82, 2.24) is 9.55 Å². The predicted octanol–water partition coefficient (Wildman–Crippen LogP) is 3.15. The van der Waals surface area contributed by atoms with Gasteiger partial charge in [-0.3, -0.25) is 9.78 Å². The zero-order chi connectivity index (χ0) is 18.1. The first-order chi connectivity index (χ1) is 11.9. The maximum atomic E-state index is 12.6. The molecule has 0 aliphatic rings. The number of aromatic nitrogens is 2. The van der Waals surface area contributed by atoms with E-state index >= 15 is 0 Å². The zero-order valence-electron chi connectivity index (χ0n) is 15.2.